The molecule has 1 aliphatic heterocycles. The monoisotopic (exact) mass is 499 g/mol. The number of anilines is 2. The fourth-order valence-corrected chi connectivity index (χ4v) is 5.16. The molecule has 1 saturated heterocycles. The number of hydrogen-bond acceptors (Lipinski definition) is 4. The molecule has 36 heavy (non-hydrogen) atoms. The van der Waals surface area contributed by atoms with E-state index >= 15 is 4.39 Å². The minimum Gasteiger partial charge on any atom is -0.347 e. The molecule has 1 N–H and O–H groups in total. The molecule has 1 aromatic heterocycles. The molecule has 1 saturated carbocycles. The van der Waals surface area contributed by atoms with Gasteiger partial charge in [-0.25, -0.2) is 9.24 Å². The summed E-state index contributed by atoms with van der Waals surface area (Å²) in [5.74, 6) is -1.04. The predicted octanol–water partition coefficient (Wildman–Crippen LogP) is 5.07. The van der Waals surface area contributed by atoms with Crippen molar-refractivity contribution in [3.8, 4) is 0 Å². The van der Waals surface area contributed by atoms with Crippen LogP contribution >= 0.6 is 12.2 Å². The molecule has 2 aromatic carbocycles. The number of carbonyl (C=O) groups excluding carboxylic acids is 2. The summed E-state index contributed by atoms with van der Waals surface area (Å²) in [5.41, 5.74) is 2.07. The van der Waals surface area contributed by atoms with Crippen molar-refractivity contribution in [2.75, 3.05) is 9.80 Å². The number of aromatic nitrogens is 1. The molecule has 7 nitrogen and oxygen atoms in total. The number of hydrogen-bond donors (Lipinski definition) is 1. The summed E-state index contributed by atoms with van der Waals surface area (Å²) in [5, 5.41) is 2.96. The topological polar surface area (TPSA) is 69.9 Å². The Balaban J connectivity index is 1.41. The first kappa shape index (κ1) is 23.6. The summed E-state index contributed by atoms with van der Waals surface area (Å²) < 4.78 is 15.1. The third-order valence-corrected chi connectivity index (χ3v) is 7.15. The smallest absolute Gasteiger partial charge is 0.270 e. The van der Waals surface area contributed by atoms with E-state index in [1.807, 2.05) is 6.92 Å². The van der Waals surface area contributed by atoms with Crippen LogP contribution in [0, 0.1) is 19.3 Å². The number of nitrogens with zero attached hydrogens (tertiary/aromatic N) is 4. The molecule has 5 rings (SSSR count). The molecule has 2 fully saturated rings. The number of aryl methyl sites for hydroxylation is 1. The lowest BCUT2D eigenvalue weighted by molar-refractivity contribution is -0.123. The normalized spacial score (nSPS) is 16.1. The van der Waals surface area contributed by atoms with Crippen molar-refractivity contribution in [3.63, 3.8) is 0 Å². The minimum atomic E-state index is -0.843. The molecule has 2 amide bonds. The van der Waals surface area contributed by atoms with Crippen molar-refractivity contribution < 1.29 is 14.0 Å². The average Bonchev–Trinajstić information content (AvgIpc) is 3.10. The van der Waals surface area contributed by atoms with E-state index in [1.165, 1.54) is 17.2 Å². The first-order valence-electron chi connectivity index (χ1n) is 11.5. The van der Waals surface area contributed by atoms with Crippen LogP contribution in [-0.2, 0) is 11.3 Å². The average molecular weight is 500 g/mol. The molecular formula is C27H22FN5O2S. The van der Waals surface area contributed by atoms with Gasteiger partial charge in [-0.3, -0.25) is 19.5 Å². The van der Waals surface area contributed by atoms with Gasteiger partial charge in [0.2, 0.25) is 0 Å². The van der Waals surface area contributed by atoms with Crippen molar-refractivity contribution in [2.24, 2.45) is 0 Å². The van der Waals surface area contributed by atoms with Gasteiger partial charge in [-0.15, -0.1) is 0 Å². The molecular weight excluding hydrogens is 477 g/mol. The third kappa shape index (κ3) is 3.80. The van der Waals surface area contributed by atoms with Gasteiger partial charge in [0.25, 0.3) is 11.8 Å². The second kappa shape index (κ2) is 9.13. The molecule has 2 aliphatic rings. The summed E-state index contributed by atoms with van der Waals surface area (Å²) >= 11 is 5.76. The van der Waals surface area contributed by atoms with E-state index in [1.54, 1.807) is 53.4 Å². The van der Waals surface area contributed by atoms with Crippen LogP contribution in [0.2, 0.25) is 0 Å². The van der Waals surface area contributed by atoms with Crippen LogP contribution in [-0.4, -0.2) is 27.4 Å². The van der Waals surface area contributed by atoms with E-state index < -0.39 is 17.3 Å². The quantitative estimate of drug-likeness (QED) is 0.392. The Bertz CT molecular complexity index is 1430. The Hall–Kier alpha value is -4.16. The highest BCUT2D eigenvalue weighted by atomic mass is 32.1. The predicted molar refractivity (Wildman–Crippen MR) is 138 cm³/mol. The SMILES string of the molecule is [C-]#[N+]c1ccc(N2C(=O)C3(CCC3)N(c3ccc(CNC(=O)c4ccccn4)c(F)c3)C2=S)cc1C. The second-order valence-corrected chi connectivity index (χ2v) is 9.26. The first-order chi connectivity index (χ1) is 17.4. The van der Waals surface area contributed by atoms with E-state index in [0.29, 0.717) is 35.5 Å². The fourth-order valence-electron chi connectivity index (χ4n) is 4.69. The van der Waals surface area contributed by atoms with Gasteiger partial charge in [-0.05, 0) is 80.4 Å². The maximum atomic E-state index is 15.1. The zero-order chi connectivity index (χ0) is 25.4. The maximum absolute atomic E-state index is 15.1. The molecule has 0 bridgehead atoms. The summed E-state index contributed by atoms with van der Waals surface area (Å²) in [4.78, 5) is 36.6. The van der Waals surface area contributed by atoms with Crippen LogP contribution in [0.1, 0.15) is 40.9 Å². The van der Waals surface area contributed by atoms with E-state index in [0.717, 1.165) is 12.0 Å². The van der Waals surface area contributed by atoms with Gasteiger partial charge in [0.05, 0.1) is 6.57 Å². The summed E-state index contributed by atoms with van der Waals surface area (Å²) in [6.45, 7) is 9.09. The highest BCUT2D eigenvalue weighted by molar-refractivity contribution is 7.81. The number of benzene rings is 2. The molecule has 1 spiro atoms. The fraction of sp³-hybridized carbons (Fsp3) is 0.222. The Labute approximate surface area is 213 Å². The van der Waals surface area contributed by atoms with Crippen LogP contribution in [0.5, 0.6) is 0 Å². The number of thiocarbonyl (C=S) groups is 1. The molecule has 0 unspecified atom stereocenters. The Morgan fingerprint density at radius 3 is 2.58 bits per heavy atom. The van der Waals surface area contributed by atoms with Gasteiger partial charge in [0.1, 0.15) is 17.1 Å². The second-order valence-electron chi connectivity index (χ2n) is 8.90. The van der Waals surface area contributed by atoms with Crippen molar-refractivity contribution in [1.29, 1.82) is 0 Å². The molecule has 2 heterocycles. The number of halogens is 1. The van der Waals surface area contributed by atoms with E-state index in [2.05, 4.69) is 15.1 Å². The van der Waals surface area contributed by atoms with Crippen LogP contribution in [0.25, 0.3) is 4.85 Å². The highest BCUT2D eigenvalue weighted by Crippen LogP contribution is 2.48. The van der Waals surface area contributed by atoms with E-state index in [9.17, 15) is 9.59 Å². The van der Waals surface area contributed by atoms with Gasteiger partial charge in [0, 0.05) is 29.7 Å². The van der Waals surface area contributed by atoms with Gasteiger partial charge >= 0.3 is 0 Å². The molecule has 9 heteroatoms. The van der Waals surface area contributed by atoms with Gasteiger partial charge < -0.3 is 10.2 Å². The van der Waals surface area contributed by atoms with E-state index in [-0.39, 0.29) is 23.3 Å². The zero-order valence-corrected chi connectivity index (χ0v) is 20.3. The van der Waals surface area contributed by atoms with Crippen LogP contribution < -0.4 is 15.1 Å². The Kier molecular flexibility index (Phi) is 5.98. The molecule has 180 valence electrons. The Morgan fingerprint density at radius 2 is 1.97 bits per heavy atom. The van der Waals surface area contributed by atoms with Crippen LogP contribution in [0.3, 0.4) is 0 Å². The van der Waals surface area contributed by atoms with Gasteiger partial charge in [-0.1, -0.05) is 18.2 Å². The molecule has 0 radical (unpaired) electrons. The van der Waals surface area contributed by atoms with Crippen molar-refractivity contribution in [2.45, 2.75) is 38.3 Å². The molecule has 1 aliphatic carbocycles. The highest BCUT2D eigenvalue weighted by Gasteiger charge is 2.59. The lowest BCUT2D eigenvalue weighted by Crippen LogP contribution is -2.55. The van der Waals surface area contributed by atoms with E-state index in [4.69, 9.17) is 18.8 Å². The number of rotatable bonds is 5. The van der Waals surface area contributed by atoms with Crippen molar-refractivity contribution in [3.05, 3.63) is 94.8 Å². The largest absolute Gasteiger partial charge is 0.347 e. The Morgan fingerprint density at radius 1 is 1.19 bits per heavy atom. The summed E-state index contributed by atoms with van der Waals surface area (Å²) in [6, 6.07) is 14.9. The number of carbonyl (C=O) groups is 2. The standard InChI is InChI=1S/C27H22FN5O2S/c1-17-14-19(9-10-22(17)29-2)32-25(35)27(11-5-12-27)33(26(32)36)20-8-7-18(21(28)15-20)16-31-24(34)23-6-3-4-13-30-23/h3-4,6-10,13-15H,5,11-12,16H2,1H3,(H,31,34). The van der Waals surface area contributed by atoms with Crippen LogP contribution in [0.4, 0.5) is 21.5 Å². The number of amides is 2. The first-order valence-corrected chi connectivity index (χ1v) is 11.9. The molecule has 0 atom stereocenters. The maximum Gasteiger partial charge on any atom is 0.270 e. The number of nitrogens with one attached hydrogen (secondary N) is 1. The van der Waals surface area contributed by atoms with Gasteiger partial charge in [-0.2, -0.15) is 0 Å². The molecule has 3 aromatic rings. The lowest BCUT2D eigenvalue weighted by atomic mass is 9.75. The zero-order valence-electron chi connectivity index (χ0n) is 19.5. The van der Waals surface area contributed by atoms with Crippen molar-refractivity contribution in [1.82, 2.24) is 10.3 Å². The lowest BCUT2D eigenvalue weighted by Gasteiger charge is -2.43. The summed E-state index contributed by atoms with van der Waals surface area (Å²) in [6.07, 6.45) is 3.62. The number of pyridine rings is 1. The third-order valence-electron chi connectivity index (χ3n) is 6.78. The van der Waals surface area contributed by atoms with Crippen LogP contribution in [0.15, 0.2) is 60.8 Å². The summed E-state index contributed by atoms with van der Waals surface area (Å²) in [7, 11) is 0. The van der Waals surface area contributed by atoms with Crippen molar-refractivity contribution >= 4 is 46.2 Å². The van der Waals surface area contributed by atoms with Gasteiger partial charge in [0.15, 0.2) is 10.8 Å². The minimum absolute atomic E-state index is 0.00511.